The molecule has 1 saturated heterocycles. The van der Waals surface area contributed by atoms with Crippen molar-refractivity contribution < 1.29 is 14.3 Å². The van der Waals surface area contributed by atoms with Crippen molar-refractivity contribution in [3.8, 4) is 0 Å². The maximum atomic E-state index is 13.6. The average Bonchev–Trinajstić information content (AvgIpc) is 2.89. The molecule has 2 aliphatic rings. The van der Waals surface area contributed by atoms with Gasteiger partial charge in [-0.3, -0.25) is 14.5 Å². The third kappa shape index (κ3) is 4.27. The fraction of sp³-hybridized carbons (Fsp3) is 0.259. The molecule has 0 saturated carbocycles. The Morgan fingerprint density at radius 2 is 1.38 bits per heavy atom. The van der Waals surface area contributed by atoms with E-state index in [1.165, 1.54) is 0 Å². The molecule has 0 spiro atoms. The fourth-order valence-electron chi connectivity index (χ4n) is 4.52. The lowest BCUT2D eigenvalue weighted by Crippen LogP contribution is -2.39. The fourth-order valence-corrected chi connectivity index (χ4v) is 4.52. The van der Waals surface area contributed by atoms with Crippen molar-refractivity contribution >= 4 is 34.3 Å². The maximum Gasteiger partial charge on any atom is 0.196 e. The van der Waals surface area contributed by atoms with E-state index in [9.17, 15) is 9.59 Å². The Morgan fingerprint density at radius 3 is 2.03 bits per heavy atom. The van der Waals surface area contributed by atoms with Gasteiger partial charge in [-0.25, -0.2) is 0 Å². The van der Waals surface area contributed by atoms with Crippen molar-refractivity contribution in [3.63, 3.8) is 0 Å². The Labute approximate surface area is 199 Å². The molecule has 0 unspecified atom stereocenters. The summed E-state index contributed by atoms with van der Waals surface area (Å²) < 4.78 is 5.42. The second-order valence-corrected chi connectivity index (χ2v) is 8.45. The zero-order valence-corrected chi connectivity index (χ0v) is 19.2. The van der Waals surface area contributed by atoms with Crippen LogP contribution < -0.4 is 16.0 Å². The average molecular weight is 457 g/mol. The third-order valence-corrected chi connectivity index (χ3v) is 6.38. The molecule has 1 fully saturated rings. The zero-order valence-electron chi connectivity index (χ0n) is 19.2. The van der Waals surface area contributed by atoms with Gasteiger partial charge in [0.1, 0.15) is 0 Å². The lowest BCUT2D eigenvalue weighted by Gasteiger charge is -2.27. The summed E-state index contributed by atoms with van der Waals surface area (Å²) in [5.41, 5.74) is 4.89. The number of rotatable bonds is 7. The third-order valence-electron chi connectivity index (χ3n) is 6.38. The van der Waals surface area contributed by atoms with Gasteiger partial charge in [0.15, 0.2) is 11.6 Å². The number of anilines is 4. The number of nitrogens with zero attached hydrogens (tertiary/aromatic N) is 1. The molecule has 3 N–H and O–H groups in total. The van der Waals surface area contributed by atoms with Crippen LogP contribution in [0.5, 0.6) is 0 Å². The number of ether oxygens (including phenoxy) is 1. The SMILES string of the molecule is CNc1ccc(Nc2ccc(NCCN3CCOCC3)c3c2C(=O)c2ccccc2C3=O)cc1. The first kappa shape index (κ1) is 22.1. The first-order valence-electron chi connectivity index (χ1n) is 11.6. The van der Waals surface area contributed by atoms with Crippen LogP contribution in [-0.4, -0.2) is 62.9 Å². The predicted molar refractivity (Wildman–Crippen MR) is 135 cm³/mol. The molecule has 5 rings (SSSR count). The Balaban J connectivity index is 1.48. The van der Waals surface area contributed by atoms with Gasteiger partial charge >= 0.3 is 0 Å². The Bertz CT molecular complexity index is 1220. The molecule has 7 nitrogen and oxygen atoms in total. The van der Waals surface area contributed by atoms with Crippen molar-refractivity contribution in [3.05, 3.63) is 82.9 Å². The highest BCUT2D eigenvalue weighted by Gasteiger charge is 2.33. The molecule has 0 bridgehead atoms. The highest BCUT2D eigenvalue weighted by molar-refractivity contribution is 6.32. The minimum absolute atomic E-state index is 0.131. The first-order chi connectivity index (χ1) is 16.7. The largest absolute Gasteiger partial charge is 0.388 e. The standard InChI is InChI=1S/C27H28N4O3/c1-28-18-6-8-19(9-7-18)30-23-11-10-22(29-12-13-31-14-16-34-17-15-31)24-25(23)27(33)21-5-3-2-4-20(21)26(24)32/h2-11,28-30H,12-17H2,1H3. The summed E-state index contributed by atoms with van der Waals surface area (Å²) >= 11 is 0. The van der Waals surface area contributed by atoms with Crippen LogP contribution in [0.3, 0.4) is 0 Å². The molecule has 0 radical (unpaired) electrons. The van der Waals surface area contributed by atoms with E-state index in [-0.39, 0.29) is 11.6 Å². The van der Waals surface area contributed by atoms with Crippen molar-refractivity contribution in [1.29, 1.82) is 0 Å². The van der Waals surface area contributed by atoms with Crippen LogP contribution in [0.25, 0.3) is 0 Å². The first-order valence-corrected chi connectivity index (χ1v) is 11.6. The highest BCUT2D eigenvalue weighted by Crippen LogP contribution is 2.37. The van der Waals surface area contributed by atoms with E-state index in [0.717, 1.165) is 44.2 Å². The zero-order chi connectivity index (χ0) is 23.5. The Kier molecular flexibility index (Phi) is 6.29. The number of hydrogen-bond donors (Lipinski definition) is 3. The van der Waals surface area contributed by atoms with Gasteiger partial charge in [-0.1, -0.05) is 24.3 Å². The van der Waals surface area contributed by atoms with E-state index in [1.54, 1.807) is 24.3 Å². The number of ketones is 2. The lowest BCUT2D eigenvalue weighted by molar-refractivity contribution is 0.0398. The van der Waals surface area contributed by atoms with Crippen LogP contribution in [0.4, 0.5) is 22.7 Å². The summed E-state index contributed by atoms with van der Waals surface area (Å²) in [7, 11) is 1.87. The molecule has 174 valence electrons. The van der Waals surface area contributed by atoms with Gasteiger partial charge in [-0.05, 0) is 36.4 Å². The van der Waals surface area contributed by atoms with Gasteiger partial charge in [0.2, 0.25) is 0 Å². The number of hydrogen-bond acceptors (Lipinski definition) is 7. The van der Waals surface area contributed by atoms with Crippen LogP contribution in [0.2, 0.25) is 0 Å². The lowest BCUT2D eigenvalue weighted by atomic mass is 9.82. The van der Waals surface area contributed by atoms with E-state index in [0.29, 0.717) is 40.2 Å². The molecule has 1 heterocycles. The molecule has 34 heavy (non-hydrogen) atoms. The predicted octanol–water partition coefficient (Wildman–Crippen LogP) is 3.99. The summed E-state index contributed by atoms with van der Waals surface area (Å²) in [6, 6.07) is 18.6. The van der Waals surface area contributed by atoms with E-state index < -0.39 is 0 Å². The molecule has 3 aromatic carbocycles. The van der Waals surface area contributed by atoms with Crippen LogP contribution in [0.1, 0.15) is 31.8 Å². The van der Waals surface area contributed by atoms with Crippen LogP contribution >= 0.6 is 0 Å². The quantitative estimate of drug-likeness (QED) is 0.388. The smallest absolute Gasteiger partial charge is 0.196 e. The molecule has 3 aromatic rings. The van der Waals surface area contributed by atoms with E-state index in [1.807, 2.05) is 43.4 Å². The van der Waals surface area contributed by atoms with Gasteiger partial charge in [0.05, 0.1) is 30.0 Å². The molecule has 1 aliphatic carbocycles. The summed E-state index contributed by atoms with van der Waals surface area (Å²) in [4.78, 5) is 29.5. The second-order valence-electron chi connectivity index (χ2n) is 8.45. The molecular formula is C27H28N4O3. The monoisotopic (exact) mass is 456 g/mol. The maximum absolute atomic E-state index is 13.6. The molecule has 0 amide bonds. The minimum atomic E-state index is -0.142. The number of benzene rings is 3. The number of fused-ring (bicyclic) bond motifs is 2. The van der Waals surface area contributed by atoms with Crippen LogP contribution in [0, 0.1) is 0 Å². The molecule has 7 heteroatoms. The summed E-state index contributed by atoms with van der Waals surface area (Å²) in [5, 5.41) is 9.86. The van der Waals surface area contributed by atoms with Gasteiger partial charge < -0.3 is 20.7 Å². The molecule has 0 aromatic heterocycles. The summed E-state index contributed by atoms with van der Waals surface area (Å²) in [6.07, 6.45) is 0. The van der Waals surface area contributed by atoms with Gasteiger partial charge in [0, 0.05) is 61.4 Å². The Hall–Kier alpha value is -3.68. The number of morpholine rings is 1. The van der Waals surface area contributed by atoms with Crippen molar-refractivity contribution in [2.75, 3.05) is 62.4 Å². The molecule has 1 aliphatic heterocycles. The van der Waals surface area contributed by atoms with Gasteiger partial charge in [-0.15, -0.1) is 0 Å². The van der Waals surface area contributed by atoms with Crippen LogP contribution in [0.15, 0.2) is 60.7 Å². The summed E-state index contributed by atoms with van der Waals surface area (Å²) in [5.74, 6) is -0.273. The summed E-state index contributed by atoms with van der Waals surface area (Å²) in [6.45, 7) is 4.81. The van der Waals surface area contributed by atoms with Gasteiger partial charge in [0.25, 0.3) is 0 Å². The van der Waals surface area contributed by atoms with Crippen molar-refractivity contribution in [1.82, 2.24) is 4.90 Å². The number of carbonyl (C=O) groups is 2. The molecule has 0 atom stereocenters. The topological polar surface area (TPSA) is 82.7 Å². The molecular weight excluding hydrogens is 428 g/mol. The van der Waals surface area contributed by atoms with E-state index >= 15 is 0 Å². The number of nitrogens with one attached hydrogen (secondary N) is 3. The van der Waals surface area contributed by atoms with Crippen molar-refractivity contribution in [2.45, 2.75) is 0 Å². The second kappa shape index (κ2) is 9.67. The van der Waals surface area contributed by atoms with Crippen molar-refractivity contribution in [2.24, 2.45) is 0 Å². The Morgan fingerprint density at radius 1 is 0.794 bits per heavy atom. The van der Waals surface area contributed by atoms with E-state index in [4.69, 9.17) is 4.74 Å². The number of carbonyl (C=O) groups excluding carboxylic acids is 2. The van der Waals surface area contributed by atoms with Gasteiger partial charge in [-0.2, -0.15) is 0 Å². The highest BCUT2D eigenvalue weighted by atomic mass is 16.5. The minimum Gasteiger partial charge on any atom is -0.388 e. The van der Waals surface area contributed by atoms with Crippen LogP contribution in [-0.2, 0) is 4.74 Å². The normalized spacial score (nSPS) is 15.4. The van der Waals surface area contributed by atoms with E-state index in [2.05, 4.69) is 20.9 Å².